The van der Waals surface area contributed by atoms with Crippen molar-refractivity contribution < 1.29 is 14.4 Å². The number of aromatic nitrogens is 1. The number of hydrogen-bond acceptors (Lipinski definition) is 4. The normalized spacial score (nSPS) is 15.0. The lowest BCUT2D eigenvalue weighted by Crippen LogP contribution is -2.54. The fourth-order valence-corrected chi connectivity index (χ4v) is 4.14. The number of benzene rings is 2. The first kappa shape index (κ1) is 23.1. The van der Waals surface area contributed by atoms with Crippen LogP contribution in [-0.4, -0.2) is 27.5 Å². The van der Waals surface area contributed by atoms with E-state index in [1.54, 1.807) is 35.0 Å². The molecule has 0 spiro atoms. The third-order valence-electron chi connectivity index (χ3n) is 5.94. The first-order valence-corrected chi connectivity index (χ1v) is 11.1. The fraction of sp³-hybridized carbons (Fsp3) is 0.154. The quantitative estimate of drug-likeness (QED) is 0.342. The first-order valence-electron chi connectivity index (χ1n) is 10.7. The topological polar surface area (TPSA) is 83.4 Å². The average Bonchev–Trinajstić information content (AvgIpc) is 3.07. The number of carbonyl (C=O) groups excluding carboxylic acids is 3. The van der Waals surface area contributed by atoms with Crippen molar-refractivity contribution in [2.75, 3.05) is 10.3 Å². The molecule has 1 aromatic heterocycles. The van der Waals surface area contributed by atoms with Gasteiger partial charge in [-0.05, 0) is 86.9 Å². The maximum absolute atomic E-state index is 13.4. The van der Waals surface area contributed by atoms with Gasteiger partial charge in [-0.1, -0.05) is 30.3 Å². The van der Waals surface area contributed by atoms with Crippen LogP contribution in [0.25, 0.3) is 6.08 Å². The molecule has 0 radical (unpaired) electrons. The first-order chi connectivity index (χ1) is 16.2. The maximum Gasteiger partial charge on any atom is 0.270 e. The Labute approximate surface area is 203 Å². The minimum atomic E-state index is -0.560. The van der Waals surface area contributed by atoms with E-state index in [9.17, 15) is 14.4 Å². The molecule has 2 aromatic carbocycles. The molecule has 4 rings (SSSR count). The minimum absolute atomic E-state index is 0.0378. The summed E-state index contributed by atoms with van der Waals surface area (Å²) in [6.45, 7) is 7.50. The zero-order valence-corrected chi connectivity index (χ0v) is 20.1. The Balaban J connectivity index is 1.69. The van der Waals surface area contributed by atoms with Crippen LogP contribution in [0.4, 0.5) is 5.69 Å². The summed E-state index contributed by atoms with van der Waals surface area (Å²) in [6.07, 6.45) is 1.53. The lowest BCUT2D eigenvalue weighted by Gasteiger charge is -2.30. The Morgan fingerprint density at radius 1 is 1.00 bits per heavy atom. The molecule has 7 nitrogen and oxygen atoms in total. The number of hydrogen-bond donors (Lipinski definition) is 2. The number of amides is 3. The second-order valence-electron chi connectivity index (χ2n) is 8.15. The number of anilines is 1. The lowest BCUT2D eigenvalue weighted by molar-refractivity contribution is -0.122. The summed E-state index contributed by atoms with van der Waals surface area (Å²) < 4.78 is 1.64. The molecule has 1 aliphatic rings. The summed E-state index contributed by atoms with van der Waals surface area (Å²) in [5.74, 6) is -1.32. The Kier molecular flexibility index (Phi) is 6.17. The Morgan fingerprint density at radius 2 is 1.71 bits per heavy atom. The second-order valence-corrected chi connectivity index (χ2v) is 8.53. The van der Waals surface area contributed by atoms with Crippen LogP contribution in [0.3, 0.4) is 0 Å². The minimum Gasteiger partial charge on any atom is -0.298 e. The zero-order valence-electron chi connectivity index (χ0n) is 19.3. The van der Waals surface area contributed by atoms with Crippen LogP contribution in [0, 0.1) is 27.7 Å². The Bertz CT molecular complexity index is 1370. The van der Waals surface area contributed by atoms with E-state index in [1.165, 1.54) is 11.0 Å². The van der Waals surface area contributed by atoms with E-state index in [-0.39, 0.29) is 16.6 Å². The van der Waals surface area contributed by atoms with Crippen LogP contribution in [0.2, 0.25) is 0 Å². The molecule has 2 N–H and O–H groups in total. The molecule has 3 amide bonds. The molecule has 172 valence electrons. The van der Waals surface area contributed by atoms with Crippen molar-refractivity contribution >= 4 is 46.8 Å². The van der Waals surface area contributed by atoms with Crippen molar-refractivity contribution in [1.82, 2.24) is 9.99 Å². The molecule has 0 aliphatic carbocycles. The zero-order chi connectivity index (χ0) is 24.6. The summed E-state index contributed by atoms with van der Waals surface area (Å²) in [7, 11) is 0. The molecule has 0 saturated carbocycles. The van der Waals surface area contributed by atoms with E-state index in [0.29, 0.717) is 22.5 Å². The fourth-order valence-electron chi connectivity index (χ4n) is 3.87. The highest BCUT2D eigenvalue weighted by molar-refractivity contribution is 7.80. The number of aryl methyl sites for hydroxylation is 2. The van der Waals surface area contributed by atoms with Gasteiger partial charge < -0.3 is 0 Å². The number of rotatable bonds is 4. The highest BCUT2D eigenvalue weighted by Gasteiger charge is 2.35. The second kappa shape index (κ2) is 9.07. The molecule has 0 unspecified atom stereocenters. The van der Waals surface area contributed by atoms with E-state index in [0.717, 1.165) is 16.8 Å². The van der Waals surface area contributed by atoms with Gasteiger partial charge in [0.2, 0.25) is 0 Å². The van der Waals surface area contributed by atoms with Crippen LogP contribution < -0.4 is 15.6 Å². The van der Waals surface area contributed by atoms with Crippen LogP contribution in [0.15, 0.2) is 60.2 Å². The van der Waals surface area contributed by atoms with E-state index in [2.05, 4.69) is 10.7 Å². The molecule has 1 saturated heterocycles. The van der Waals surface area contributed by atoms with Gasteiger partial charge >= 0.3 is 0 Å². The molecule has 1 fully saturated rings. The predicted octanol–water partition coefficient (Wildman–Crippen LogP) is 3.94. The van der Waals surface area contributed by atoms with Crippen molar-refractivity contribution in [3.05, 3.63) is 93.8 Å². The van der Waals surface area contributed by atoms with E-state index in [1.807, 2.05) is 52.0 Å². The lowest BCUT2D eigenvalue weighted by atomic mass is 10.0. The van der Waals surface area contributed by atoms with Crippen molar-refractivity contribution in [2.45, 2.75) is 27.7 Å². The summed E-state index contributed by atoms with van der Waals surface area (Å²) in [5.41, 5.74) is 7.95. The SMILES string of the molecule is Cc1cccc(N2C(=O)/C(=C/c3cc(C)n(NC(=O)c4ccccc4)c3C)C(=O)NC2=S)c1C. The average molecular weight is 473 g/mol. The van der Waals surface area contributed by atoms with E-state index in [4.69, 9.17) is 12.2 Å². The number of nitrogens with zero attached hydrogens (tertiary/aromatic N) is 2. The van der Waals surface area contributed by atoms with E-state index >= 15 is 0 Å². The highest BCUT2D eigenvalue weighted by atomic mass is 32.1. The van der Waals surface area contributed by atoms with Gasteiger partial charge in [-0.2, -0.15) is 0 Å². The van der Waals surface area contributed by atoms with Crippen LogP contribution in [0.1, 0.15) is 38.4 Å². The Morgan fingerprint density at radius 3 is 2.41 bits per heavy atom. The third-order valence-corrected chi connectivity index (χ3v) is 6.22. The smallest absolute Gasteiger partial charge is 0.270 e. The summed E-state index contributed by atoms with van der Waals surface area (Å²) in [5, 5.41) is 2.67. The van der Waals surface area contributed by atoms with Gasteiger partial charge in [-0.25, -0.2) is 0 Å². The Hall–Kier alpha value is -4.04. The molecular formula is C26H24N4O3S. The van der Waals surface area contributed by atoms with Gasteiger partial charge in [-0.15, -0.1) is 0 Å². The highest BCUT2D eigenvalue weighted by Crippen LogP contribution is 2.28. The van der Waals surface area contributed by atoms with Crippen LogP contribution >= 0.6 is 12.2 Å². The van der Waals surface area contributed by atoms with Gasteiger partial charge in [0.25, 0.3) is 17.7 Å². The molecule has 34 heavy (non-hydrogen) atoms. The number of thiocarbonyl (C=S) groups is 1. The van der Waals surface area contributed by atoms with Crippen molar-refractivity contribution in [2.24, 2.45) is 0 Å². The van der Waals surface area contributed by atoms with Gasteiger partial charge in [0.05, 0.1) is 5.69 Å². The van der Waals surface area contributed by atoms with Crippen molar-refractivity contribution in [3.63, 3.8) is 0 Å². The summed E-state index contributed by atoms with van der Waals surface area (Å²) in [4.78, 5) is 40.1. The van der Waals surface area contributed by atoms with Crippen LogP contribution in [-0.2, 0) is 9.59 Å². The van der Waals surface area contributed by atoms with Crippen LogP contribution in [0.5, 0.6) is 0 Å². The largest absolute Gasteiger partial charge is 0.298 e. The van der Waals surface area contributed by atoms with Crippen molar-refractivity contribution in [1.29, 1.82) is 0 Å². The summed E-state index contributed by atoms with van der Waals surface area (Å²) in [6, 6.07) is 16.3. The standard InChI is InChI=1S/C26H24N4O3S/c1-15-9-8-12-22(17(15)3)29-25(33)21(24(32)27-26(29)34)14-20-13-16(2)30(18(20)4)28-23(31)19-10-6-5-7-11-19/h5-14H,1-4H3,(H,28,31)(H,27,32,34)/b21-14+. The van der Waals surface area contributed by atoms with E-state index < -0.39 is 11.8 Å². The molecule has 8 heteroatoms. The van der Waals surface area contributed by atoms with Gasteiger partial charge in [0.15, 0.2) is 5.11 Å². The number of carbonyl (C=O) groups is 3. The predicted molar refractivity (Wildman–Crippen MR) is 136 cm³/mol. The van der Waals surface area contributed by atoms with Gasteiger partial charge in [0, 0.05) is 17.0 Å². The van der Waals surface area contributed by atoms with Crippen molar-refractivity contribution in [3.8, 4) is 0 Å². The molecular weight excluding hydrogens is 448 g/mol. The number of nitrogens with one attached hydrogen (secondary N) is 2. The molecule has 1 aliphatic heterocycles. The molecule has 0 bridgehead atoms. The third kappa shape index (κ3) is 4.15. The molecule has 3 aromatic rings. The summed E-state index contributed by atoms with van der Waals surface area (Å²) >= 11 is 5.32. The molecule has 2 heterocycles. The monoisotopic (exact) mass is 472 g/mol. The molecule has 0 atom stereocenters. The van der Waals surface area contributed by atoms with Gasteiger partial charge in [-0.3, -0.25) is 34.7 Å². The van der Waals surface area contributed by atoms with Gasteiger partial charge in [0.1, 0.15) is 5.57 Å². The maximum atomic E-state index is 13.4.